The van der Waals surface area contributed by atoms with Gasteiger partial charge in [-0.3, -0.25) is 0 Å². The molecule has 7 nitrogen and oxygen atoms in total. The molecule has 0 unspecified atom stereocenters. The predicted molar refractivity (Wildman–Crippen MR) is 118 cm³/mol. The van der Waals surface area contributed by atoms with Crippen molar-refractivity contribution in [1.29, 1.82) is 0 Å². The summed E-state index contributed by atoms with van der Waals surface area (Å²) in [7, 11) is 3.22. The Morgan fingerprint density at radius 1 is 0.966 bits per heavy atom. The fourth-order valence-corrected chi connectivity index (χ4v) is 3.17. The molecule has 0 aliphatic rings. The van der Waals surface area contributed by atoms with E-state index >= 15 is 0 Å². The molecule has 9 heteroatoms. The predicted octanol–water partition coefficient (Wildman–Crippen LogP) is 4.78. The van der Waals surface area contributed by atoms with Gasteiger partial charge in [-0.25, -0.2) is 9.97 Å². The van der Waals surface area contributed by atoms with E-state index in [0.717, 1.165) is 12.0 Å². The monoisotopic (exact) mass is 433 g/mol. The zero-order valence-electron chi connectivity index (χ0n) is 16.0. The summed E-state index contributed by atoms with van der Waals surface area (Å²) in [4.78, 5) is 8.42. The molecule has 4 N–H and O–H groups in total. The highest BCUT2D eigenvalue weighted by molar-refractivity contribution is 6.36. The number of methoxy groups -OCH3 is 2. The molecule has 2 aromatic carbocycles. The van der Waals surface area contributed by atoms with Crippen LogP contribution < -0.4 is 25.8 Å². The number of hydrogen-bond donors (Lipinski definition) is 3. The number of nitrogens with two attached hydrogens (primary N) is 1. The molecule has 29 heavy (non-hydrogen) atoms. The standard InChI is InChI=1S/C20H21Cl2N5O2/c1-28-16-6-3-12(9-17(16)29-2)7-8-24-19-18(23)20(26-11-25-19)27-15-5-4-13(21)10-14(15)22/h3-6,9-11H,7-8,23H2,1-2H3,(H2,24,25,26,27). The number of ether oxygens (including phenoxy) is 2. The molecule has 1 heterocycles. The van der Waals surface area contributed by atoms with E-state index in [1.165, 1.54) is 6.33 Å². The van der Waals surface area contributed by atoms with Crippen LogP contribution >= 0.6 is 23.2 Å². The number of aromatic nitrogens is 2. The van der Waals surface area contributed by atoms with Crippen LogP contribution in [-0.4, -0.2) is 30.7 Å². The van der Waals surface area contributed by atoms with Gasteiger partial charge in [0.15, 0.2) is 23.1 Å². The summed E-state index contributed by atoms with van der Waals surface area (Å²) in [5.41, 5.74) is 8.36. The Labute approximate surface area is 179 Å². The summed E-state index contributed by atoms with van der Waals surface area (Å²) in [6, 6.07) is 10.9. The molecule has 0 radical (unpaired) electrons. The number of benzene rings is 2. The second-order valence-electron chi connectivity index (χ2n) is 6.10. The van der Waals surface area contributed by atoms with Crippen molar-refractivity contribution in [3.05, 3.63) is 58.3 Å². The lowest BCUT2D eigenvalue weighted by Gasteiger charge is -2.14. The van der Waals surface area contributed by atoms with Gasteiger partial charge in [0.1, 0.15) is 12.0 Å². The first-order valence-electron chi connectivity index (χ1n) is 8.79. The third-order valence-electron chi connectivity index (χ3n) is 4.22. The van der Waals surface area contributed by atoms with Crippen LogP contribution in [0.2, 0.25) is 10.0 Å². The van der Waals surface area contributed by atoms with Gasteiger partial charge < -0.3 is 25.8 Å². The summed E-state index contributed by atoms with van der Waals surface area (Å²) < 4.78 is 10.6. The molecule has 0 aliphatic heterocycles. The maximum Gasteiger partial charge on any atom is 0.160 e. The SMILES string of the molecule is COc1ccc(CCNc2ncnc(Nc3ccc(Cl)cc3Cl)c2N)cc1OC. The maximum absolute atomic E-state index is 6.22. The molecule has 152 valence electrons. The zero-order valence-corrected chi connectivity index (χ0v) is 17.5. The van der Waals surface area contributed by atoms with Crippen LogP contribution in [0.4, 0.5) is 23.0 Å². The molecule has 0 saturated carbocycles. The molecule has 3 aromatic rings. The number of nitrogens with one attached hydrogen (secondary N) is 2. The van der Waals surface area contributed by atoms with Crippen LogP contribution in [-0.2, 0) is 6.42 Å². The van der Waals surface area contributed by atoms with Crippen LogP contribution in [0.3, 0.4) is 0 Å². The number of anilines is 4. The van der Waals surface area contributed by atoms with Gasteiger partial charge in [-0.2, -0.15) is 0 Å². The van der Waals surface area contributed by atoms with E-state index in [9.17, 15) is 0 Å². The molecule has 0 amide bonds. The smallest absolute Gasteiger partial charge is 0.160 e. The lowest BCUT2D eigenvalue weighted by Crippen LogP contribution is -2.11. The molecule has 1 aromatic heterocycles. The lowest BCUT2D eigenvalue weighted by atomic mass is 10.1. The highest BCUT2D eigenvalue weighted by atomic mass is 35.5. The van der Waals surface area contributed by atoms with Crippen LogP contribution in [0.1, 0.15) is 5.56 Å². The van der Waals surface area contributed by atoms with E-state index in [0.29, 0.717) is 51.1 Å². The second-order valence-corrected chi connectivity index (χ2v) is 6.94. The summed E-state index contributed by atoms with van der Waals surface area (Å²) in [6.07, 6.45) is 2.18. The average Bonchev–Trinajstić information content (AvgIpc) is 2.72. The quantitative estimate of drug-likeness (QED) is 0.470. The fraction of sp³-hybridized carbons (Fsp3) is 0.200. The molecular weight excluding hydrogens is 413 g/mol. The number of hydrogen-bond acceptors (Lipinski definition) is 7. The maximum atomic E-state index is 6.22. The number of nitrogens with zero attached hydrogens (tertiary/aromatic N) is 2. The highest BCUT2D eigenvalue weighted by Gasteiger charge is 2.11. The Balaban J connectivity index is 1.67. The molecule has 0 bridgehead atoms. The van der Waals surface area contributed by atoms with E-state index in [1.54, 1.807) is 32.4 Å². The van der Waals surface area contributed by atoms with Crippen LogP contribution in [0, 0.1) is 0 Å². The van der Waals surface area contributed by atoms with Gasteiger partial charge in [0.05, 0.1) is 24.9 Å². The van der Waals surface area contributed by atoms with E-state index in [2.05, 4.69) is 20.6 Å². The Hall–Kier alpha value is -2.90. The van der Waals surface area contributed by atoms with E-state index in [1.807, 2.05) is 18.2 Å². The van der Waals surface area contributed by atoms with Gasteiger partial charge in [0, 0.05) is 11.6 Å². The second kappa shape index (κ2) is 9.54. The molecule has 0 aliphatic carbocycles. The van der Waals surface area contributed by atoms with Gasteiger partial charge >= 0.3 is 0 Å². The number of halogens is 2. The number of nitrogen functional groups attached to an aromatic ring is 1. The number of rotatable bonds is 8. The topological polar surface area (TPSA) is 94.3 Å². The molecule has 0 spiro atoms. The summed E-state index contributed by atoms with van der Waals surface area (Å²) in [5.74, 6) is 2.38. The first-order valence-corrected chi connectivity index (χ1v) is 9.54. The summed E-state index contributed by atoms with van der Waals surface area (Å²) in [5, 5.41) is 7.36. The first-order chi connectivity index (χ1) is 14.0. The molecule has 0 atom stereocenters. The largest absolute Gasteiger partial charge is 0.493 e. The Morgan fingerprint density at radius 2 is 1.72 bits per heavy atom. The van der Waals surface area contributed by atoms with Gasteiger partial charge in [-0.1, -0.05) is 29.3 Å². The van der Waals surface area contributed by atoms with Gasteiger partial charge in [-0.15, -0.1) is 0 Å². The first kappa shape index (κ1) is 20.8. The summed E-state index contributed by atoms with van der Waals surface area (Å²) >= 11 is 12.1. The van der Waals surface area contributed by atoms with Crippen molar-refractivity contribution >= 4 is 46.2 Å². The summed E-state index contributed by atoms with van der Waals surface area (Å²) in [6.45, 7) is 0.623. The van der Waals surface area contributed by atoms with Crippen molar-refractivity contribution in [2.75, 3.05) is 37.1 Å². The Bertz CT molecular complexity index is 1000. The zero-order chi connectivity index (χ0) is 20.8. The third-order valence-corrected chi connectivity index (χ3v) is 4.77. The fourth-order valence-electron chi connectivity index (χ4n) is 2.72. The van der Waals surface area contributed by atoms with E-state index < -0.39 is 0 Å². The van der Waals surface area contributed by atoms with Gasteiger partial charge in [-0.05, 0) is 42.3 Å². The van der Waals surface area contributed by atoms with Crippen molar-refractivity contribution in [1.82, 2.24) is 9.97 Å². The minimum atomic E-state index is 0.394. The van der Waals surface area contributed by atoms with Crippen molar-refractivity contribution in [2.24, 2.45) is 0 Å². The van der Waals surface area contributed by atoms with Gasteiger partial charge in [0.2, 0.25) is 0 Å². The van der Waals surface area contributed by atoms with Crippen molar-refractivity contribution in [3.63, 3.8) is 0 Å². The van der Waals surface area contributed by atoms with Crippen molar-refractivity contribution in [3.8, 4) is 11.5 Å². The van der Waals surface area contributed by atoms with Gasteiger partial charge in [0.25, 0.3) is 0 Å². The minimum absolute atomic E-state index is 0.394. The molecule has 0 saturated heterocycles. The normalized spacial score (nSPS) is 10.5. The molecular formula is C20H21Cl2N5O2. The Kier molecular flexibility index (Phi) is 6.85. The molecule has 3 rings (SSSR count). The van der Waals surface area contributed by atoms with E-state index in [-0.39, 0.29) is 0 Å². The van der Waals surface area contributed by atoms with Crippen molar-refractivity contribution in [2.45, 2.75) is 6.42 Å². The van der Waals surface area contributed by atoms with Crippen molar-refractivity contribution < 1.29 is 9.47 Å². The highest BCUT2D eigenvalue weighted by Crippen LogP contribution is 2.31. The average molecular weight is 434 g/mol. The van der Waals surface area contributed by atoms with Crippen LogP contribution in [0.5, 0.6) is 11.5 Å². The molecule has 0 fully saturated rings. The van der Waals surface area contributed by atoms with Crippen LogP contribution in [0.15, 0.2) is 42.7 Å². The lowest BCUT2D eigenvalue weighted by molar-refractivity contribution is 0.354. The van der Waals surface area contributed by atoms with Crippen LogP contribution in [0.25, 0.3) is 0 Å². The van der Waals surface area contributed by atoms with E-state index in [4.69, 9.17) is 38.4 Å². The third kappa shape index (κ3) is 5.13. The Morgan fingerprint density at radius 3 is 2.45 bits per heavy atom. The minimum Gasteiger partial charge on any atom is -0.493 e.